The second-order valence-electron chi connectivity index (χ2n) is 5.54. The molecule has 0 saturated carbocycles. The van der Waals surface area contributed by atoms with Gasteiger partial charge >= 0.3 is 0 Å². The maximum Gasteiger partial charge on any atom is 0.251 e. The molecule has 7 heteroatoms. The van der Waals surface area contributed by atoms with Gasteiger partial charge in [0.2, 0.25) is 11.8 Å². The van der Waals surface area contributed by atoms with Crippen LogP contribution in [0.4, 0.5) is 0 Å². The zero-order chi connectivity index (χ0) is 18.9. The van der Waals surface area contributed by atoms with Crippen LogP contribution in [0, 0.1) is 11.3 Å². The zero-order valence-electron chi connectivity index (χ0n) is 13.9. The highest BCUT2D eigenvalue weighted by Crippen LogP contribution is 2.10. The number of rotatable bonds is 7. The Kier molecular flexibility index (Phi) is 6.46. The van der Waals surface area contributed by atoms with Crippen LogP contribution in [0.15, 0.2) is 54.6 Å². The van der Waals surface area contributed by atoms with Gasteiger partial charge in [-0.1, -0.05) is 36.4 Å². The quantitative estimate of drug-likeness (QED) is 0.672. The highest BCUT2D eigenvalue weighted by molar-refractivity contribution is 5.97. The van der Waals surface area contributed by atoms with Crippen molar-refractivity contribution in [1.29, 1.82) is 5.26 Å². The van der Waals surface area contributed by atoms with Crippen molar-refractivity contribution in [3.05, 3.63) is 71.3 Å². The minimum atomic E-state index is -0.981. The number of carbonyl (C=O) groups is 3. The average molecular weight is 350 g/mol. The first-order valence-corrected chi connectivity index (χ1v) is 7.91. The van der Waals surface area contributed by atoms with Crippen LogP contribution in [-0.2, 0) is 16.0 Å². The molecule has 0 aliphatic rings. The van der Waals surface area contributed by atoms with Crippen molar-refractivity contribution in [3.8, 4) is 6.07 Å². The van der Waals surface area contributed by atoms with E-state index in [1.165, 1.54) is 0 Å². The van der Waals surface area contributed by atoms with Crippen LogP contribution in [0.25, 0.3) is 0 Å². The van der Waals surface area contributed by atoms with Crippen LogP contribution in [0.5, 0.6) is 0 Å². The van der Waals surface area contributed by atoms with Crippen molar-refractivity contribution in [1.82, 2.24) is 10.6 Å². The second-order valence-corrected chi connectivity index (χ2v) is 5.54. The van der Waals surface area contributed by atoms with Crippen molar-refractivity contribution in [3.63, 3.8) is 0 Å². The molecule has 0 aromatic heterocycles. The second kappa shape index (κ2) is 8.99. The topological polar surface area (TPSA) is 125 Å². The summed E-state index contributed by atoms with van der Waals surface area (Å²) in [7, 11) is 0. The number of nitrogens with zero attached hydrogens (tertiary/aromatic N) is 1. The Morgan fingerprint density at radius 1 is 1.04 bits per heavy atom. The smallest absolute Gasteiger partial charge is 0.251 e. The Morgan fingerprint density at radius 2 is 1.69 bits per heavy atom. The summed E-state index contributed by atoms with van der Waals surface area (Å²) in [6.07, 6.45) is 0.0947. The highest BCUT2D eigenvalue weighted by atomic mass is 16.2. The van der Waals surface area contributed by atoms with E-state index in [1.807, 2.05) is 6.07 Å². The standard InChI is InChI=1S/C19H18N4O3/c20-11-15-9-5-4-8-14(15)10-16(18(21)25)23-17(24)12-22-19(26)13-6-2-1-3-7-13/h1-9,16H,10,12H2,(H2,21,25)(H,22,26)(H,23,24)/t16-/m0/s1. The first-order chi connectivity index (χ1) is 12.5. The molecule has 0 radical (unpaired) electrons. The number of hydrogen-bond donors (Lipinski definition) is 3. The van der Waals surface area contributed by atoms with Crippen LogP contribution in [0.3, 0.4) is 0 Å². The number of nitrogens with one attached hydrogen (secondary N) is 2. The minimum Gasteiger partial charge on any atom is -0.368 e. The molecule has 0 bridgehead atoms. The third kappa shape index (κ3) is 5.18. The van der Waals surface area contributed by atoms with E-state index in [2.05, 4.69) is 10.6 Å². The largest absolute Gasteiger partial charge is 0.368 e. The van der Waals surface area contributed by atoms with Gasteiger partial charge in [0.1, 0.15) is 6.04 Å². The number of benzene rings is 2. The molecular weight excluding hydrogens is 332 g/mol. The fourth-order valence-corrected chi connectivity index (χ4v) is 2.35. The van der Waals surface area contributed by atoms with Crippen molar-refractivity contribution in [2.45, 2.75) is 12.5 Å². The van der Waals surface area contributed by atoms with Gasteiger partial charge in [-0.25, -0.2) is 0 Å². The minimum absolute atomic E-state index is 0.0947. The van der Waals surface area contributed by atoms with Crippen molar-refractivity contribution >= 4 is 17.7 Å². The molecule has 1 atom stereocenters. The van der Waals surface area contributed by atoms with E-state index < -0.39 is 23.8 Å². The first-order valence-electron chi connectivity index (χ1n) is 7.91. The molecule has 0 spiro atoms. The van der Waals surface area contributed by atoms with Gasteiger partial charge in [-0.05, 0) is 23.8 Å². The maximum atomic E-state index is 12.0. The van der Waals surface area contributed by atoms with E-state index in [0.29, 0.717) is 16.7 Å². The zero-order valence-corrected chi connectivity index (χ0v) is 13.9. The number of nitrogens with two attached hydrogens (primary N) is 1. The van der Waals surface area contributed by atoms with Crippen LogP contribution in [0.2, 0.25) is 0 Å². The highest BCUT2D eigenvalue weighted by Gasteiger charge is 2.20. The Bertz CT molecular complexity index is 843. The summed E-state index contributed by atoms with van der Waals surface area (Å²) in [5, 5.41) is 14.1. The third-order valence-electron chi connectivity index (χ3n) is 3.69. The molecule has 0 unspecified atom stereocenters. The molecule has 2 aromatic rings. The Labute approximate surface area is 150 Å². The summed E-state index contributed by atoms with van der Waals surface area (Å²) in [4.78, 5) is 35.6. The lowest BCUT2D eigenvalue weighted by atomic mass is 10.0. The summed E-state index contributed by atoms with van der Waals surface area (Å²) >= 11 is 0. The molecule has 4 N–H and O–H groups in total. The first kappa shape index (κ1) is 18.7. The van der Waals surface area contributed by atoms with E-state index in [1.54, 1.807) is 54.6 Å². The fourth-order valence-electron chi connectivity index (χ4n) is 2.35. The summed E-state index contributed by atoms with van der Waals surface area (Å²) < 4.78 is 0. The van der Waals surface area contributed by atoms with Gasteiger partial charge in [-0.2, -0.15) is 5.26 Å². The number of hydrogen-bond acceptors (Lipinski definition) is 4. The van der Waals surface area contributed by atoms with Gasteiger partial charge in [0.05, 0.1) is 18.2 Å². The molecule has 7 nitrogen and oxygen atoms in total. The van der Waals surface area contributed by atoms with Crippen molar-refractivity contribution < 1.29 is 14.4 Å². The van der Waals surface area contributed by atoms with Gasteiger partial charge in [-0.3, -0.25) is 14.4 Å². The van der Waals surface area contributed by atoms with Gasteiger partial charge in [-0.15, -0.1) is 0 Å². The predicted molar refractivity (Wildman–Crippen MR) is 94.8 cm³/mol. The normalized spacial score (nSPS) is 11.0. The number of amides is 3. The van der Waals surface area contributed by atoms with E-state index >= 15 is 0 Å². The molecular formula is C19H18N4O3. The number of carbonyl (C=O) groups excluding carboxylic acids is 3. The van der Waals surface area contributed by atoms with Gasteiger partial charge < -0.3 is 16.4 Å². The van der Waals surface area contributed by atoms with Gasteiger partial charge in [0.15, 0.2) is 0 Å². The molecule has 2 rings (SSSR count). The van der Waals surface area contributed by atoms with E-state index in [0.717, 1.165) is 0 Å². The third-order valence-corrected chi connectivity index (χ3v) is 3.69. The van der Waals surface area contributed by atoms with E-state index in [4.69, 9.17) is 11.0 Å². The fraction of sp³-hybridized carbons (Fsp3) is 0.158. The SMILES string of the molecule is N#Cc1ccccc1C[C@H](NC(=O)CNC(=O)c1ccccc1)C(N)=O. The molecule has 2 aromatic carbocycles. The summed E-state index contributed by atoms with van der Waals surface area (Å²) in [5.41, 5.74) is 6.78. The number of primary amides is 1. The maximum absolute atomic E-state index is 12.0. The van der Waals surface area contributed by atoms with Crippen molar-refractivity contribution in [2.24, 2.45) is 5.73 Å². The van der Waals surface area contributed by atoms with Crippen LogP contribution < -0.4 is 16.4 Å². The molecule has 0 aliphatic carbocycles. The van der Waals surface area contributed by atoms with Crippen LogP contribution in [-0.4, -0.2) is 30.3 Å². The molecule has 26 heavy (non-hydrogen) atoms. The van der Waals surface area contributed by atoms with E-state index in [9.17, 15) is 14.4 Å². The summed E-state index contributed by atoms with van der Waals surface area (Å²) in [6.45, 7) is -0.294. The van der Waals surface area contributed by atoms with Crippen LogP contribution >= 0.6 is 0 Å². The summed E-state index contributed by atoms with van der Waals surface area (Å²) in [5.74, 6) is -1.67. The Balaban J connectivity index is 1.95. The van der Waals surface area contributed by atoms with Crippen LogP contribution in [0.1, 0.15) is 21.5 Å². The van der Waals surface area contributed by atoms with Crippen molar-refractivity contribution in [2.75, 3.05) is 6.54 Å². The van der Waals surface area contributed by atoms with Gasteiger partial charge in [0.25, 0.3) is 5.91 Å². The Hall–Kier alpha value is -3.66. The monoisotopic (exact) mass is 350 g/mol. The summed E-state index contributed by atoms with van der Waals surface area (Å²) in [6, 6.07) is 16.3. The Morgan fingerprint density at radius 3 is 2.35 bits per heavy atom. The average Bonchev–Trinajstić information content (AvgIpc) is 2.66. The molecule has 3 amide bonds. The predicted octanol–water partition coefficient (Wildman–Crippen LogP) is 0.501. The lowest BCUT2D eigenvalue weighted by Crippen LogP contribution is -2.49. The number of nitriles is 1. The molecule has 0 aliphatic heterocycles. The molecule has 0 heterocycles. The van der Waals surface area contributed by atoms with E-state index in [-0.39, 0.29) is 13.0 Å². The molecule has 0 fully saturated rings. The lowest BCUT2D eigenvalue weighted by molar-refractivity contribution is -0.126. The molecule has 0 saturated heterocycles. The lowest BCUT2D eigenvalue weighted by Gasteiger charge is -2.16. The van der Waals surface area contributed by atoms with Gasteiger partial charge in [0, 0.05) is 12.0 Å². The molecule has 132 valence electrons.